The Kier molecular flexibility index (Phi) is 12.9. The number of rotatable bonds is 13. The van der Waals surface area contributed by atoms with Gasteiger partial charge in [0.15, 0.2) is 0 Å². The van der Waals surface area contributed by atoms with Crippen LogP contribution in [0.5, 0.6) is 0 Å². The Balaban J connectivity index is 3.69. The van der Waals surface area contributed by atoms with Crippen molar-refractivity contribution in [3.05, 3.63) is 0 Å². The zero-order valence-electron chi connectivity index (χ0n) is 12.5. The summed E-state index contributed by atoms with van der Waals surface area (Å²) in [5.74, 6) is -0.220. The zero-order valence-corrected chi connectivity index (χ0v) is 12.5. The Morgan fingerprint density at radius 1 is 1.11 bits per heavy atom. The lowest BCUT2D eigenvalue weighted by atomic mass is 10.1. The third kappa shape index (κ3) is 11.9. The van der Waals surface area contributed by atoms with Gasteiger partial charge in [-0.05, 0) is 25.7 Å². The van der Waals surface area contributed by atoms with Gasteiger partial charge < -0.3 is 9.63 Å². The standard InChI is InChI=1S/C15H29NO3/c1-3-5-7-11-14(10-4-2)16-19-15(18)12-8-6-9-13-17/h13-14,16H,3-12H2,1-2H3. The summed E-state index contributed by atoms with van der Waals surface area (Å²) >= 11 is 0. The molecule has 1 atom stereocenters. The van der Waals surface area contributed by atoms with Crippen molar-refractivity contribution >= 4 is 12.3 Å². The van der Waals surface area contributed by atoms with Crippen LogP contribution in [-0.2, 0) is 14.4 Å². The second-order valence-electron chi connectivity index (χ2n) is 4.99. The summed E-state index contributed by atoms with van der Waals surface area (Å²) in [6, 6.07) is 0.274. The number of aldehydes is 1. The maximum absolute atomic E-state index is 11.5. The van der Waals surface area contributed by atoms with Crippen molar-refractivity contribution in [2.75, 3.05) is 0 Å². The molecule has 0 aliphatic heterocycles. The molecule has 0 saturated heterocycles. The lowest BCUT2D eigenvalue weighted by molar-refractivity contribution is -0.153. The molecule has 0 aromatic carbocycles. The van der Waals surface area contributed by atoms with E-state index in [9.17, 15) is 9.59 Å². The molecule has 0 saturated carbocycles. The van der Waals surface area contributed by atoms with Gasteiger partial charge in [-0.2, -0.15) is 5.48 Å². The second-order valence-corrected chi connectivity index (χ2v) is 4.99. The van der Waals surface area contributed by atoms with Gasteiger partial charge in [-0.15, -0.1) is 0 Å². The van der Waals surface area contributed by atoms with Crippen molar-refractivity contribution in [1.29, 1.82) is 0 Å². The SMILES string of the molecule is CCCCCC(CCC)NOC(=O)CCCCC=O. The van der Waals surface area contributed by atoms with E-state index in [4.69, 9.17) is 4.84 Å². The second kappa shape index (κ2) is 13.5. The van der Waals surface area contributed by atoms with Crippen LogP contribution < -0.4 is 5.48 Å². The van der Waals surface area contributed by atoms with Gasteiger partial charge in [0.1, 0.15) is 6.29 Å². The number of unbranched alkanes of at least 4 members (excludes halogenated alkanes) is 4. The molecule has 0 fully saturated rings. The molecule has 4 heteroatoms. The summed E-state index contributed by atoms with van der Waals surface area (Å²) < 4.78 is 0. The summed E-state index contributed by atoms with van der Waals surface area (Å²) in [7, 11) is 0. The number of carbonyl (C=O) groups excluding carboxylic acids is 2. The zero-order chi connectivity index (χ0) is 14.3. The Morgan fingerprint density at radius 2 is 1.89 bits per heavy atom. The molecular formula is C15H29NO3. The summed E-state index contributed by atoms with van der Waals surface area (Å²) in [6.45, 7) is 4.32. The fourth-order valence-corrected chi connectivity index (χ4v) is 1.95. The summed E-state index contributed by atoms with van der Waals surface area (Å²) in [6.07, 6.45) is 10.0. The summed E-state index contributed by atoms with van der Waals surface area (Å²) in [4.78, 5) is 26.7. The van der Waals surface area contributed by atoms with Crippen molar-refractivity contribution in [2.45, 2.75) is 84.1 Å². The first-order valence-electron chi connectivity index (χ1n) is 7.63. The van der Waals surface area contributed by atoms with Gasteiger partial charge >= 0.3 is 5.97 Å². The first kappa shape index (κ1) is 18.1. The lowest BCUT2D eigenvalue weighted by Gasteiger charge is -2.17. The summed E-state index contributed by atoms with van der Waals surface area (Å²) in [5, 5.41) is 0. The van der Waals surface area contributed by atoms with Crippen LogP contribution in [0.3, 0.4) is 0 Å². The lowest BCUT2D eigenvalue weighted by Crippen LogP contribution is -2.31. The molecule has 0 amide bonds. The van der Waals surface area contributed by atoms with Crippen LogP contribution in [0.25, 0.3) is 0 Å². The average molecular weight is 271 g/mol. The van der Waals surface area contributed by atoms with E-state index in [1.807, 2.05) is 0 Å². The number of hydroxylamine groups is 1. The van der Waals surface area contributed by atoms with E-state index >= 15 is 0 Å². The Hall–Kier alpha value is -0.900. The van der Waals surface area contributed by atoms with Crippen LogP contribution in [0.15, 0.2) is 0 Å². The molecule has 112 valence electrons. The average Bonchev–Trinajstić information content (AvgIpc) is 2.41. The third-order valence-electron chi connectivity index (χ3n) is 3.09. The number of hydrogen-bond donors (Lipinski definition) is 1. The molecule has 0 rings (SSSR count). The van der Waals surface area contributed by atoms with E-state index < -0.39 is 0 Å². The topological polar surface area (TPSA) is 55.4 Å². The fraction of sp³-hybridized carbons (Fsp3) is 0.867. The van der Waals surface area contributed by atoms with E-state index in [1.165, 1.54) is 19.3 Å². The molecule has 0 aliphatic carbocycles. The minimum absolute atomic E-state index is 0.220. The highest BCUT2D eigenvalue weighted by atomic mass is 16.7. The largest absolute Gasteiger partial charge is 0.370 e. The molecule has 4 nitrogen and oxygen atoms in total. The Bertz CT molecular complexity index is 231. The molecule has 0 spiro atoms. The Morgan fingerprint density at radius 3 is 2.53 bits per heavy atom. The summed E-state index contributed by atoms with van der Waals surface area (Å²) in [5.41, 5.74) is 2.90. The van der Waals surface area contributed by atoms with Gasteiger partial charge in [0.25, 0.3) is 0 Å². The van der Waals surface area contributed by atoms with Gasteiger partial charge in [0.2, 0.25) is 0 Å². The van der Waals surface area contributed by atoms with E-state index in [2.05, 4.69) is 19.3 Å². The quantitative estimate of drug-likeness (QED) is 0.316. The van der Waals surface area contributed by atoms with Gasteiger partial charge in [-0.1, -0.05) is 39.5 Å². The highest BCUT2D eigenvalue weighted by Crippen LogP contribution is 2.09. The molecular weight excluding hydrogens is 242 g/mol. The van der Waals surface area contributed by atoms with Crippen molar-refractivity contribution in [3.63, 3.8) is 0 Å². The monoisotopic (exact) mass is 271 g/mol. The molecule has 0 heterocycles. The minimum Gasteiger partial charge on any atom is -0.370 e. The highest BCUT2D eigenvalue weighted by molar-refractivity contribution is 5.69. The molecule has 0 bridgehead atoms. The molecule has 0 aromatic rings. The number of hydrogen-bond acceptors (Lipinski definition) is 4. The van der Waals surface area contributed by atoms with Crippen LogP contribution in [0.4, 0.5) is 0 Å². The molecule has 1 unspecified atom stereocenters. The fourth-order valence-electron chi connectivity index (χ4n) is 1.95. The van der Waals surface area contributed by atoms with Gasteiger partial charge in [0.05, 0.1) is 0 Å². The molecule has 0 radical (unpaired) electrons. The van der Waals surface area contributed by atoms with Crippen LogP contribution in [0.1, 0.15) is 78.1 Å². The predicted octanol–water partition coefficient (Wildman–Crippen LogP) is 3.54. The van der Waals surface area contributed by atoms with Crippen molar-refractivity contribution < 1.29 is 14.4 Å². The molecule has 1 N–H and O–H groups in total. The van der Waals surface area contributed by atoms with E-state index in [-0.39, 0.29) is 12.0 Å². The van der Waals surface area contributed by atoms with E-state index in [0.29, 0.717) is 19.3 Å². The van der Waals surface area contributed by atoms with Crippen LogP contribution in [0, 0.1) is 0 Å². The van der Waals surface area contributed by atoms with Crippen molar-refractivity contribution in [2.24, 2.45) is 0 Å². The van der Waals surface area contributed by atoms with Crippen LogP contribution in [0.2, 0.25) is 0 Å². The number of nitrogens with one attached hydrogen (secondary N) is 1. The van der Waals surface area contributed by atoms with Crippen molar-refractivity contribution in [3.8, 4) is 0 Å². The van der Waals surface area contributed by atoms with Gasteiger partial charge in [-0.3, -0.25) is 4.79 Å². The van der Waals surface area contributed by atoms with Gasteiger partial charge in [0, 0.05) is 18.9 Å². The Labute approximate surface area is 117 Å². The van der Waals surface area contributed by atoms with Crippen LogP contribution >= 0.6 is 0 Å². The maximum Gasteiger partial charge on any atom is 0.324 e. The molecule has 19 heavy (non-hydrogen) atoms. The van der Waals surface area contributed by atoms with E-state index in [0.717, 1.165) is 32.0 Å². The minimum atomic E-state index is -0.220. The smallest absolute Gasteiger partial charge is 0.324 e. The predicted molar refractivity (Wildman–Crippen MR) is 76.6 cm³/mol. The first-order chi connectivity index (χ1) is 9.24. The number of carbonyl (C=O) groups is 2. The molecule has 0 aromatic heterocycles. The third-order valence-corrected chi connectivity index (χ3v) is 3.09. The first-order valence-corrected chi connectivity index (χ1v) is 7.63. The van der Waals surface area contributed by atoms with Crippen molar-refractivity contribution in [1.82, 2.24) is 5.48 Å². The van der Waals surface area contributed by atoms with E-state index in [1.54, 1.807) is 0 Å². The van der Waals surface area contributed by atoms with Crippen LogP contribution in [-0.4, -0.2) is 18.3 Å². The van der Waals surface area contributed by atoms with Gasteiger partial charge in [-0.25, -0.2) is 0 Å². The maximum atomic E-state index is 11.5. The highest BCUT2D eigenvalue weighted by Gasteiger charge is 2.10. The molecule has 0 aliphatic rings. The normalized spacial score (nSPS) is 12.1.